The summed E-state index contributed by atoms with van der Waals surface area (Å²) in [4.78, 5) is 2.36. The lowest BCUT2D eigenvalue weighted by molar-refractivity contribution is 0.243. The molecule has 1 unspecified atom stereocenters. The molecule has 0 fully saturated rings. The lowest BCUT2D eigenvalue weighted by Crippen LogP contribution is -2.36. The van der Waals surface area contributed by atoms with E-state index in [1.54, 1.807) is 0 Å². The number of fused-ring (bicyclic) bond motifs is 1. The largest absolute Gasteiger partial charge is 0.490 e. The lowest BCUT2D eigenvalue weighted by Gasteiger charge is -2.28. The van der Waals surface area contributed by atoms with Gasteiger partial charge < -0.3 is 19.7 Å². The SMILES string of the molecule is CCNC(CN(C)C(C)C)c1ccc2c(c1)OCCCO2. The van der Waals surface area contributed by atoms with E-state index in [9.17, 15) is 0 Å². The fraction of sp³-hybridized carbons (Fsp3) is 0.647. The second kappa shape index (κ2) is 7.66. The summed E-state index contributed by atoms with van der Waals surface area (Å²) in [7, 11) is 2.16. The van der Waals surface area contributed by atoms with Gasteiger partial charge in [0.15, 0.2) is 11.5 Å². The first-order valence-corrected chi connectivity index (χ1v) is 7.95. The van der Waals surface area contributed by atoms with Crippen LogP contribution in [0.3, 0.4) is 0 Å². The van der Waals surface area contributed by atoms with Gasteiger partial charge in [-0.3, -0.25) is 0 Å². The average molecular weight is 292 g/mol. The Kier molecular flexibility index (Phi) is 5.88. The molecule has 1 aliphatic heterocycles. The standard InChI is InChI=1S/C17H28N2O2/c1-5-18-15(12-19(4)13(2)3)14-7-8-16-17(11-14)21-10-6-9-20-16/h7-8,11,13,15,18H,5-6,9-10,12H2,1-4H3. The summed E-state index contributed by atoms with van der Waals surface area (Å²) in [5.41, 5.74) is 1.26. The molecule has 0 aliphatic carbocycles. The zero-order chi connectivity index (χ0) is 15.2. The average Bonchev–Trinajstić information content (AvgIpc) is 2.70. The van der Waals surface area contributed by atoms with Gasteiger partial charge in [0.2, 0.25) is 0 Å². The van der Waals surface area contributed by atoms with Crippen LogP contribution in [-0.2, 0) is 0 Å². The van der Waals surface area contributed by atoms with Crippen molar-refractivity contribution >= 4 is 0 Å². The number of hydrogen-bond donors (Lipinski definition) is 1. The molecule has 1 N–H and O–H groups in total. The zero-order valence-electron chi connectivity index (χ0n) is 13.7. The van der Waals surface area contributed by atoms with Crippen molar-refractivity contribution in [3.05, 3.63) is 23.8 Å². The molecule has 0 saturated carbocycles. The number of ether oxygens (including phenoxy) is 2. The predicted molar refractivity (Wildman–Crippen MR) is 86.2 cm³/mol. The molecule has 0 saturated heterocycles. The fourth-order valence-corrected chi connectivity index (χ4v) is 2.43. The third-order valence-electron chi connectivity index (χ3n) is 3.98. The molecule has 1 heterocycles. The maximum atomic E-state index is 5.80. The van der Waals surface area contributed by atoms with Crippen LogP contribution in [0.15, 0.2) is 18.2 Å². The highest BCUT2D eigenvalue weighted by Gasteiger charge is 2.18. The van der Waals surface area contributed by atoms with Crippen LogP contribution in [0.25, 0.3) is 0 Å². The van der Waals surface area contributed by atoms with E-state index in [1.807, 2.05) is 6.07 Å². The Labute approximate surface area is 128 Å². The molecule has 21 heavy (non-hydrogen) atoms. The Morgan fingerprint density at radius 3 is 2.57 bits per heavy atom. The lowest BCUT2D eigenvalue weighted by atomic mass is 10.0. The van der Waals surface area contributed by atoms with E-state index in [-0.39, 0.29) is 0 Å². The van der Waals surface area contributed by atoms with E-state index in [1.165, 1.54) is 5.56 Å². The summed E-state index contributed by atoms with van der Waals surface area (Å²) in [6.45, 7) is 9.98. The summed E-state index contributed by atoms with van der Waals surface area (Å²) >= 11 is 0. The van der Waals surface area contributed by atoms with Crippen LogP contribution in [0.1, 0.15) is 38.8 Å². The Morgan fingerprint density at radius 2 is 1.90 bits per heavy atom. The molecule has 0 bridgehead atoms. The summed E-state index contributed by atoms with van der Waals surface area (Å²) in [6, 6.07) is 7.15. The predicted octanol–water partition coefficient (Wildman–Crippen LogP) is 2.84. The van der Waals surface area contributed by atoms with Gasteiger partial charge in [-0.2, -0.15) is 0 Å². The van der Waals surface area contributed by atoms with E-state index in [0.29, 0.717) is 12.1 Å². The van der Waals surface area contributed by atoms with Crippen molar-refractivity contribution in [2.24, 2.45) is 0 Å². The van der Waals surface area contributed by atoms with Crippen LogP contribution in [0.4, 0.5) is 0 Å². The molecule has 118 valence electrons. The molecule has 0 spiro atoms. The summed E-state index contributed by atoms with van der Waals surface area (Å²) < 4.78 is 11.5. The van der Waals surface area contributed by atoms with Gasteiger partial charge in [0.05, 0.1) is 13.2 Å². The number of rotatable bonds is 6. The van der Waals surface area contributed by atoms with E-state index in [0.717, 1.165) is 44.2 Å². The van der Waals surface area contributed by atoms with Gasteiger partial charge in [0.1, 0.15) is 0 Å². The molecule has 1 aromatic rings. The van der Waals surface area contributed by atoms with Gasteiger partial charge in [0, 0.05) is 25.0 Å². The number of likely N-dealkylation sites (N-methyl/N-ethyl adjacent to an activating group) is 2. The van der Waals surface area contributed by atoms with Crippen LogP contribution >= 0.6 is 0 Å². The first-order valence-electron chi connectivity index (χ1n) is 7.95. The summed E-state index contributed by atoms with van der Waals surface area (Å²) in [5.74, 6) is 1.74. The topological polar surface area (TPSA) is 33.7 Å². The Balaban J connectivity index is 2.17. The van der Waals surface area contributed by atoms with Crippen molar-refractivity contribution in [2.45, 2.75) is 39.3 Å². The first kappa shape index (κ1) is 16.1. The van der Waals surface area contributed by atoms with Crippen molar-refractivity contribution in [2.75, 3.05) is 33.4 Å². The molecule has 4 heteroatoms. The van der Waals surface area contributed by atoms with E-state index in [4.69, 9.17) is 9.47 Å². The summed E-state index contributed by atoms with van der Waals surface area (Å²) in [6.07, 6.45) is 0.941. The van der Waals surface area contributed by atoms with E-state index in [2.05, 4.69) is 50.2 Å². The van der Waals surface area contributed by atoms with Gasteiger partial charge in [-0.15, -0.1) is 0 Å². The minimum Gasteiger partial charge on any atom is -0.490 e. The molecular formula is C17H28N2O2. The van der Waals surface area contributed by atoms with Crippen molar-refractivity contribution in [3.8, 4) is 11.5 Å². The minimum atomic E-state index is 0.305. The molecular weight excluding hydrogens is 264 g/mol. The highest BCUT2D eigenvalue weighted by atomic mass is 16.5. The molecule has 0 radical (unpaired) electrons. The highest BCUT2D eigenvalue weighted by molar-refractivity contribution is 5.44. The van der Waals surface area contributed by atoms with Crippen molar-refractivity contribution < 1.29 is 9.47 Å². The maximum Gasteiger partial charge on any atom is 0.161 e. The molecule has 0 aromatic heterocycles. The second-order valence-electron chi connectivity index (χ2n) is 5.90. The highest BCUT2D eigenvalue weighted by Crippen LogP contribution is 2.32. The van der Waals surface area contributed by atoms with Crippen molar-refractivity contribution in [1.29, 1.82) is 0 Å². The second-order valence-corrected chi connectivity index (χ2v) is 5.90. The Hall–Kier alpha value is -1.26. The zero-order valence-corrected chi connectivity index (χ0v) is 13.7. The quantitative estimate of drug-likeness (QED) is 0.874. The third-order valence-corrected chi connectivity index (χ3v) is 3.98. The Morgan fingerprint density at radius 1 is 1.19 bits per heavy atom. The third kappa shape index (κ3) is 4.35. The number of nitrogens with one attached hydrogen (secondary N) is 1. The molecule has 1 aromatic carbocycles. The van der Waals surface area contributed by atoms with Crippen molar-refractivity contribution in [3.63, 3.8) is 0 Å². The fourth-order valence-electron chi connectivity index (χ4n) is 2.43. The normalized spacial score (nSPS) is 16.1. The Bertz CT molecular complexity index is 448. The van der Waals surface area contributed by atoms with E-state index < -0.39 is 0 Å². The number of nitrogens with zero attached hydrogens (tertiary/aromatic N) is 1. The van der Waals surface area contributed by atoms with Crippen LogP contribution < -0.4 is 14.8 Å². The van der Waals surface area contributed by atoms with Crippen LogP contribution in [0, 0.1) is 0 Å². The van der Waals surface area contributed by atoms with Gasteiger partial charge >= 0.3 is 0 Å². The molecule has 2 rings (SSSR count). The van der Waals surface area contributed by atoms with Gasteiger partial charge in [-0.25, -0.2) is 0 Å². The van der Waals surface area contributed by atoms with Crippen LogP contribution in [0.2, 0.25) is 0 Å². The van der Waals surface area contributed by atoms with Crippen LogP contribution in [0.5, 0.6) is 11.5 Å². The molecule has 1 aliphatic rings. The first-order chi connectivity index (χ1) is 10.1. The van der Waals surface area contributed by atoms with Crippen molar-refractivity contribution in [1.82, 2.24) is 10.2 Å². The number of hydrogen-bond acceptors (Lipinski definition) is 4. The molecule has 4 nitrogen and oxygen atoms in total. The molecule has 0 amide bonds. The van der Waals surface area contributed by atoms with Gasteiger partial charge in [-0.05, 0) is 45.1 Å². The summed E-state index contributed by atoms with van der Waals surface area (Å²) in [5, 5.41) is 3.57. The maximum absolute atomic E-state index is 5.80. The molecule has 1 atom stereocenters. The minimum absolute atomic E-state index is 0.305. The smallest absolute Gasteiger partial charge is 0.161 e. The van der Waals surface area contributed by atoms with E-state index >= 15 is 0 Å². The van der Waals surface area contributed by atoms with Gasteiger partial charge in [-0.1, -0.05) is 13.0 Å². The monoisotopic (exact) mass is 292 g/mol. The van der Waals surface area contributed by atoms with Crippen LogP contribution in [-0.4, -0.2) is 44.3 Å². The number of benzene rings is 1. The van der Waals surface area contributed by atoms with Gasteiger partial charge in [0.25, 0.3) is 0 Å².